The number of aromatic amines is 1. The van der Waals surface area contributed by atoms with Crippen LogP contribution in [0.4, 0.5) is 0 Å². The Hall–Kier alpha value is -1.56. The molecule has 1 atom stereocenters. The lowest BCUT2D eigenvalue weighted by molar-refractivity contribution is 0.0931. The highest BCUT2D eigenvalue weighted by molar-refractivity contribution is 6.30. The summed E-state index contributed by atoms with van der Waals surface area (Å²) < 4.78 is 0. The topological polar surface area (TPSA) is 69.8 Å². The molecule has 7 heteroatoms. The number of aromatic nitrogens is 2. The van der Waals surface area contributed by atoms with Crippen molar-refractivity contribution in [1.29, 1.82) is 0 Å². The second-order valence-electron chi connectivity index (χ2n) is 5.19. The van der Waals surface area contributed by atoms with Crippen molar-refractivity contribution in [1.82, 2.24) is 20.8 Å². The Bertz CT molecular complexity index is 638. The molecule has 22 heavy (non-hydrogen) atoms. The van der Waals surface area contributed by atoms with E-state index in [1.807, 2.05) is 18.2 Å². The fourth-order valence-electron chi connectivity index (χ4n) is 2.56. The van der Waals surface area contributed by atoms with Gasteiger partial charge in [0.2, 0.25) is 0 Å². The first kappa shape index (κ1) is 16.8. The lowest BCUT2D eigenvalue weighted by Crippen LogP contribution is -2.45. The van der Waals surface area contributed by atoms with Crippen molar-refractivity contribution in [3.63, 3.8) is 0 Å². The summed E-state index contributed by atoms with van der Waals surface area (Å²) in [5.41, 5.74) is 2.09. The van der Waals surface area contributed by atoms with Crippen LogP contribution in [0.25, 0.3) is 11.3 Å². The van der Waals surface area contributed by atoms with E-state index in [1.165, 1.54) is 0 Å². The zero-order valence-electron chi connectivity index (χ0n) is 11.9. The normalized spacial score (nSPS) is 17.6. The molecule has 2 aromatic rings. The van der Waals surface area contributed by atoms with E-state index in [0.717, 1.165) is 31.5 Å². The van der Waals surface area contributed by atoms with Crippen LogP contribution in [0.5, 0.6) is 0 Å². The molecule has 0 radical (unpaired) electrons. The van der Waals surface area contributed by atoms with Gasteiger partial charge >= 0.3 is 0 Å². The van der Waals surface area contributed by atoms with Crippen molar-refractivity contribution < 1.29 is 4.79 Å². The summed E-state index contributed by atoms with van der Waals surface area (Å²) in [6.45, 7) is 1.84. The first-order chi connectivity index (χ1) is 10.2. The maximum atomic E-state index is 12.4. The van der Waals surface area contributed by atoms with Crippen LogP contribution in [0, 0.1) is 0 Å². The van der Waals surface area contributed by atoms with Gasteiger partial charge < -0.3 is 10.6 Å². The predicted octanol–water partition coefficient (Wildman–Crippen LogP) is 2.63. The van der Waals surface area contributed by atoms with Gasteiger partial charge in [0.05, 0.1) is 17.5 Å². The van der Waals surface area contributed by atoms with Gasteiger partial charge in [-0.3, -0.25) is 9.89 Å². The van der Waals surface area contributed by atoms with Crippen LogP contribution in [-0.2, 0) is 0 Å². The Labute approximate surface area is 140 Å². The summed E-state index contributed by atoms with van der Waals surface area (Å²) >= 11 is 6.01. The summed E-state index contributed by atoms with van der Waals surface area (Å²) in [6, 6.07) is 7.54. The molecular formula is C15H18Cl2N4O. The number of nitrogens with one attached hydrogen (secondary N) is 3. The van der Waals surface area contributed by atoms with E-state index in [4.69, 9.17) is 11.6 Å². The van der Waals surface area contributed by atoms with Crippen LogP contribution in [0.2, 0.25) is 5.02 Å². The smallest absolute Gasteiger partial charge is 0.255 e. The number of carbonyl (C=O) groups is 1. The van der Waals surface area contributed by atoms with Gasteiger partial charge in [-0.2, -0.15) is 5.10 Å². The molecule has 0 bridgehead atoms. The van der Waals surface area contributed by atoms with Crippen LogP contribution < -0.4 is 10.6 Å². The van der Waals surface area contributed by atoms with Gasteiger partial charge in [0.15, 0.2) is 0 Å². The van der Waals surface area contributed by atoms with Gasteiger partial charge in [0, 0.05) is 23.2 Å². The lowest BCUT2D eigenvalue weighted by atomic mass is 10.1. The first-order valence-electron chi connectivity index (χ1n) is 7.05. The average molecular weight is 341 g/mol. The molecule has 0 spiro atoms. The molecule has 1 saturated heterocycles. The predicted molar refractivity (Wildman–Crippen MR) is 89.6 cm³/mol. The average Bonchev–Trinajstić information content (AvgIpc) is 2.98. The zero-order valence-corrected chi connectivity index (χ0v) is 13.5. The fraction of sp³-hybridized carbons (Fsp3) is 0.333. The van der Waals surface area contributed by atoms with Crippen molar-refractivity contribution in [2.24, 2.45) is 0 Å². The molecule has 3 rings (SSSR count). The Morgan fingerprint density at radius 3 is 3.00 bits per heavy atom. The quantitative estimate of drug-likeness (QED) is 0.804. The summed E-state index contributed by atoms with van der Waals surface area (Å²) in [6.07, 6.45) is 3.64. The van der Waals surface area contributed by atoms with Gasteiger partial charge in [-0.05, 0) is 31.5 Å². The van der Waals surface area contributed by atoms with Crippen LogP contribution in [0.1, 0.15) is 23.2 Å². The van der Waals surface area contributed by atoms with E-state index in [1.54, 1.807) is 12.3 Å². The Balaban J connectivity index is 0.00000176. The van der Waals surface area contributed by atoms with E-state index >= 15 is 0 Å². The standard InChI is InChI=1S/C15H17ClN4O.ClH/c16-11-4-1-3-10(7-11)14-13(9-18-20-14)15(21)19-12-5-2-6-17-8-12;/h1,3-4,7,9,12,17H,2,5-6,8H2,(H,18,20)(H,19,21);1H/t12-;/m0./s1. The number of benzene rings is 1. The Kier molecular flexibility index (Phi) is 5.83. The molecule has 1 aromatic heterocycles. The number of halogens is 2. The molecule has 1 amide bonds. The van der Waals surface area contributed by atoms with Crippen molar-refractivity contribution in [2.45, 2.75) is 18.9 Å². The van der Waals surface area contributed by atoms with E-state index in [-0.39, 0.29) is 24.4 Å². The third-order valence-corrected chi connectivity index (χ3v) is 3.86. The molecule has 2 heterocycles. The number of rotatable bonds is 3. The molecule has 1 fully saturated rings. The van der Waals surface area contributed by atoms with Crippen molar-refractivity contribution in [3.05, 3.63) is 41.0 Å². The third-order valence-electron chi connectivity index (χ3n) is 3.63. The minimum atomic E-state index is -0.104. The molecule has 3 N–H and O–H groups in total. The SMILES string of the molecule is Cl.O=C(N[C@H]1CCCNC1)c1cn[nH]c1-c1cccc(Cl)c1. The Morgan fingerprint density at radius 1 is 1.41 bits per heavy atom. The van der Waals surface area contributed by atoms with Crippen LogP contribution >= 0.6 is 24.0 Å². The fourth-order valence-corrected chi connectivity index (χ4v) is 2.75. The molecule has 0 saturated carbocycles. The van der Waals surface area contributed by atoms with E-state index in [0.29, 0.717) is 16.3 Å². The molecule has 1 aliphatic rings. The molecule has 1 aromatic carbocycles. The van der Waals surface area contributed by atoms with Crippen molar-refractivity contribution in [2.75, 3.05) is 13.1 Å². The molecule has 1 aliphatic heterocycles. The maximum Gasteiger partial charge on any atom is 0.255 e. The monoisotopic (exact) mass is 340 g/mol. The lowest BCUT2D eigenvalue weighted by Gasteiger charge is -2.23. The van der Waals surface area contributed by atoms with E-state index in [9.17, 15) is 4.79 Å². The number of hydrogen-bond donors (Lipinski definition) is 3. The highest BCUT2D eigenvalue weighted by atomic mass is 35.5. The van der Waals surface area contributed by atoms with Crippen LogP contribution in [-0.4, -0.2) is 35.2 Å². The minimum absolute atomic E-state index is 0. The molecule has 118 valence electrons. The number of piperidine rings is 1. The van der Waals surface area contributed by atoms with Crippen molar-refractivity contribution >= 4 is 29.9 Å². The van der Waals surface area contributed by atoms with Gasteiger partial charge in [-0.15, -0.1) is 12.4 Å². The van der Waals surface area contributed by atoms with Crippen LogP contribution in [0.3, 0.4) is 0 Å². The van der Waals surface area contributed by atoms with Gasteiger partial charge in [0.25, 0.3) is 5.91 Å². The molecule has 0 aliphatic carbocycles. The Morgan fingerprint density at radius 2 is 2.27 bits per heavy atom. The molecule has 0 unspecified atom stereocenters. The summed E-state index contributed by atoms with van der Waals surface area (Å²) in [4.78, 5) is 12.4. The highest BCUT2D eigenvalue weighted by Crippen LogP contribution is 2.24. The minimum Gasteiger partial charge on any atom is -0.348 e. The summed E-state index contributed by atoms with van der Waals surface area (Å²) in [7, 11) is 0. The van der Waals surface area contributed by atoms with Gasteiger partial charge in [-0.1, -0.05) is 23.7 Å². The maximum absolute atomic E-state index is 12.4. The highest BCUT2D eigenvalue weighted by Gasteiger charge is 2.20. The largest absolute Gasteiger partial charge is 0.348 e. The van der Waals surface area contributed by atoms with Gasteiger partial charge in [-0.25, -0.2) is 0 Å². The van der Waals surface area contributed by atoms with Gasteiger partial charge in [0.1, 0.15) is 0 Å². The molecular weight excluding hydrogens is 323 g/mol. The number of hydrogen-bond acceptors (Lipinski definition) is 3. The third kappa shape index (κ3) is 3.80. The number of nitrogens with zero attached hydrogens (tertiary/aromatic N) is 1. The second kappa shape index (κ2) is 7.63. The van der Waals surface area contributed by atoms with Crippen molar-refractivity contribution in [3.8, 4) is 11.3 Å². The zero-order chi connectivity index (χ0) is 14.7. The summed E-state index contributed by atoms with van der Waals surface area (Å²) in [5.74, 6) is -0.104. The number of amides is 1. The van der Waals surface area contributed by atoms with Crippen LogP contribution in [0.15, 0.2) is 30.5 Å². The second-order valence-corrected chi connectivity index (χ2v) is 5.62. The van der Waals surface area contributed by atoms with E-state index < -0.39 is 0 Å². The van der Waals surface area contributed by atoms with E-state index in [2.05, 4.69) is 20.8 Å². The first-order valence-corrected chi connectivity index (χ1v) is 7.43. The number of H-pyrrole nitrogens is 1. The summed E-state index contributed by atoms with van der Waals surface area (Å²) in [5, 5.41) is 13.8. The molecule has 5 nitrogen and oxygen atoms in total. The number of carbonyl (C=O) groups excluding carboxylic acids is 1.